The SMILES string of the molecule is COC(=O)[C@H](CCO)N(C[C@@H](O)CCc1ccc2cccnc2n1)OC(=O)c1c(F)cncc1Cl. The molecule has 2 N–H and O–H groups in total. The van der Waals surface area contributed by atoms with Gasteiger partial charge >= 0.3 is 11.9 Å². The first-order valence-corrected chi connectivity index (χ1v) is 11.1. The first-order valence-electron chi connectivity index (χ1n) is 10.7. The molecule has 0 unspecified atom stereocenters. The van der Waals surface area contributed by atoms with E-state index in [0.29, 0.717) is 17.8 Å². The van der Waals surface area contributed by atoms with Crippen molar-refractivity contribution in [3.05, 3.63) is 65.0 Å². The minimum absolute atomic E-state index is 0.170. The number of methoxy groups -OCH3 is 1. The molecule has 2 atom stereocenters. The molecule has 0 amide bonds. The van der Waals surface area contributed by atoms with Gasteiger partial charge in [-0.2, -0.15) is 0 Å². The standard InChI is InChI=1S/C23H24ClFN4O6/c1-34-22(32)19(8-10-30)29(35-23(33)20-17(24)11-26-12-18(20)25)13-16(31)7-6-15-5-4-14-3-2-9-27-21(14)28-15/h2-5,9,11-12,16,19,30-31H,6-8,10,13H2,1H3/t16-,19-/m0/s1. The molecule has 0 aliphatic rings. The number of hydroxylamine groups is 2. The lowest BCUT2D eigenvalue weighted by Gasteiger charge is -2.29. The maximum Gasteiger partial charge on any atom is 0.361 e. The van der Waals surface area contributed by atoms with Crippen LogP contribution < -0.4 is 0 Å². The summed E-state index contributed by atoms with van der Waals surface area (Å²) in [5, 5.41) is 21.5. The number of carbonyl (C=O) groups excluding carboxylic acids is 2. The highest BCUT2D eigenvalue weighted by atomic mass is 35.5. The van der Waals surface area contributed by atoms with Gasteiger partial charge in [0, 0.05) is 30.1 Å². The third-order valence-corrected chi connectivity index (χ3v) is 5.41. The number of fused-ring (bicyclic) bond motifs is 1. The molecular formula is C23H24ClFN4O6. The summed E-state index contributed by atoms with van der Waals surface area (Å²) in [4.78, 5) is 42.4. The lowest BCUT2D eigenvalue weighted by Crippen LogP contribution is -2.47. The fraction of sp³-hybridized carbons (Fsp3) is 0.348. The van der Waals surface area contributed by atoms with Crippen LogP contribution >= 0.6 is 11.6 Å². The van der Waals surface area contributed by atoms with Crippen LogP contribution in [-0.2, 0) is 20.8 Å². The van der Waals surface area contributed by atoms with Gasteiger partial charge in [-0.25, -0.2) is 19.2 Å². The maximum absolute atomic E-state index is 14.1. The van der Waals surface area contributed by atoms with Gasteiger partial charge in [0.1, 0.15) is 11.6 Å². The molecule has 12 heteroatoms. The van der Waals surface area contributed by atoms with Gasteiger partial charge in [-0.1, -0.05) is 11.6 Å². The summed E-state index contributed by atoms with van der Waals surface area (Å²) in [7, 11) is 1.13. The van der Waals surface area contributed by atoms with Gasteiger partial charge in [-0.15, -0.1) is 5.06 Å². The van der Waals surface area contributed by atoms with Crippen LogP contribution in [0.1, 0.15) is 28.9 Å². The summed E-state index contributed by atoms with van der Waals surface area (Å²) < 4.78 is 18.9. The largest absolute Gasteiger partial charge is 0.468 e. The molecule has 0 aromatic carbocycles. The predicted octanol–water partition coefficient (Wildman–Crippen LogP) is 2.11. The third-order valence-electron chi connectivity index (χ3n) is 5.13. The van der Waals surface area contributed by atoms with E-state index >= 15 is 0 Å². The number of ether oxygens (including phenoxy) is 1. The second-order valence-electron chi connectivity index (χ2n) is 7.55. The number of aryl methyl sites for hydroxylation is 1. The second kappa shape index (κ2) is 12.5. The lowest BCUT2D eigenvalue weighted by atomic mass is 10.1. The molecule has 0 radical (unpaired) electrons. The number of halogens is 2. The Balaban J connectivity index is 1.75. The van der Waals surface area contributed by atoms with Crippen molar-refractivity contribution in [3.8, 4) is 0 Å². The summed E-state index contributed by atoms with van der Waals surface area (Å²) >= 11 is 5.89. The fourth-order valence-corrected chi connectivity index (χ4v) is 3.59. The highest BCUT2D eigenvalue weighted by Gasteiger charge is 2.33. The summed E-state index contributed by atoms with van der Waals surface area (Å²) in [6.45, 7) is -0.774. The molecule has 0 aliphatic heterocycles. The van der Waals surface area contributed by atoms with E-state index in [4.69, 9.17) is 21.2 Å². The van der Waals surface area contributed by atoms with Crippen molar-refractivity contribution in [2.45, 2.75) is 31.4 Å². The second-order valence-corrected chi connectivity index (χ2v) is 7.96. The minimum Gasteiger partial charge on any atom is -0.468 e. The predicted molar refractivity (Wildman–Crippen MR) is 123 cm³/mol. The highest BCUT2D eigenvalue weighted by Crippen LogP contribution is 2.21. The van der Waals surface area contributed by atoms with Crippen LogP contribution in [0.25, 0.3) is 11.0 Å². The molecule has 35 heavy (non-hydrogen) atoms. The Morgan fingerprint density at radius 1 is 1.23 bits per heavy atom. The molecule has 10 nitrogen and oxygen atoms in total. The third kappa shape index (κ3) is 6.89. The van der Waals surface area contributed by atoms with E-state index < -0.39 is 42.1 Å². The molecule has 3 rings (SSSR count). The number of aromatic nitrogens is 3. The monoisotopic (exact) mass is 506 g/mol. The summed E-state index contributed by atoms with van der Waals surface area (Å²) in [6.07, 6.45) is 2.78. The number of nitrogens with zero attached hydrogens (tertiary/aromatic N) is 4. The average molecular weight is 507 g/mol. The van der Waals surface area contributed by atoms with Gasteiger partial charge in [0.25, 0.3) is 0 Å². The minimum atomic E-state index is -1.25. The number of hydrogen-bond donors (Lipinski definition) is 2. The van der Waals surface area contributed by atoms with Crippen LogP contribution in [0, 0.1) is 5.82 Å². The highest BCUT2D eigenvalue weighted by molar-refractivity contribution is 6.33. The van der Waals surface area contributed by atoms with Gasteiger partial charge in [0.05, 0.1) is 31.0 Å². The molecule has 186 valence electrons. The van der Waals surface area contributed by atoms with Crippen molar-refractivity contribution in [2.75, 3.05) is 20.3 Å². The van der Waals surface area contributed by atoms with Crippen molar-refractivity contribution < 1.29 is 33.8 Å². The molecule has 0 bridgehead atoms. The molecule has 0 saturated heterocycles. The molecule has 0 spiro atoms. The number of esters is 1. The normalized spacial score (nSPS) is 13.0. The Hall–Kier alpha value is -3.25. The van der Waals surface area contributed by atoms with Crippen LogP contribution in [0.2, 0.25) is 5.02 Å². The average Bonchev–Trinajstić information content (AvgIpc) is 2.85. The zero-order valence-electron chi connectivity index (χ0n) is 18.8. The zero-order valence-corrected chi connectivity index (χ0v) is 19.6. The van der Waals surface area contributed by atoms with Crippen LogP contribution in [-0.4, -0.2) is 74.6 Å². The van der Waals surface area contributed by atoms with E-state index in [-0.39, 0.29) is 24.4 Å². The summed E-state index contributed by atoms with van der Waals surface area (Å²) in [5.74, 6) is -3.03. The van der Waals surface area contributed by atoms with Gasteiger partial charge < -0.3 is 19.8 Å². The Kier molecular flexibility index (Phi) is 9.38. The van der Waals surface area contributed by atoms with E-state index in [1.165, 1.54) is 0 Å². The summed E-state index contributed by atoms with van der Waals surface area (Å²) in [5.41, 5.74) is 0.672. The first kappa shape index (κ1) is 26.4. The van der Waals surface area contributed by atoms with Gasteiger partial charge in [-0.05, 0) is 43.5 Å². The van der Waals surface area contributed by atoms with E-state index in [1.54, 1.807) is 12.3 Å². The lowest BCUT2D eigenvalue weighted by molar-refractivity contribution is -0.182. The smallest absolute Gasteiger partial charge is 0.361 e. The maximum atomic E-state index is 14.1. The van der Waals surface area contributed by atoms with Crippen molar-refractivity contribution in [2.24, 2.45) is 0 Å². The van der Waals surface area contributed by atoms with Gasteiger partial charge in [0.15, 0.2) is 11.5 Å². The Labute approximate surface area is 205 Å². The number of pyridine rings is 3. The molecular weight excluding hydrogens is 483 g/mol. The van der Waals surface area contributed by atoms with Gasteiger partial charge in [0.2, 0.25) is 0 Å². The van der Waals surface area contributed by atoms with Gasteiger partial charge in [-0.3, -0.25) is 9.78 Å². The van der Waals surface area contributed by atoms with Crippen LogP contribution in [0.5, 0.6) is 0 Å². The Morgan fingerprint density at radius 3 is 2.74 bits per heavy atom. The molecule has 0 fully saturated rings. The fourth-order valence-electron chi connectivity index (χ4n) is 3.37. The number of hydrogen-bond acceptors (Lipinski definition) is 10. The van der Waals surface area contributed by atoms with Crippen LogP contribution in [0.3, 0.4) is 0 Å². The molecule has 0 aliphatic carbocycles. The number of aliphatic hydroxyl groups excluding tert-OH is 2. The van der Waals surface area contributed by atoms with E-state index in [9.17, 15) is 24.2 Å². The molecule has 3 aromatic rings. The first-order chi connectivity index (χ1) is 16.8. The van der Waals surface area contributed by atoms with Crippen molar-refractivity contribution in [1.29, 1.82) is 0 Å². The van der Waals surface area contributed by atoms with Crippen molar-refractivity contribution in [1.82, 2.24) is 20.0 Å². The quantitative estimate of drug-likeness (QED) is 0.294. The topological polar surface area (TPSA) is 135 Å². The summed E-state index contributed by atoms with van der Waals surface area (Å²) in [6, 6.07) is 6.11. The molecule has 3 aromatic heterocycles. The van der Waals surface area contributed by atoms with Crippen molar-refractivity contribution >= 4 is 34.6 Å². The number of carbonyl (C=O) groups is 2. The van der Waals surface area contributed by atoms with Crippen molar-refractivity contribution in [3.63, 3.8) is 0 Å². The molecule has 3 heterocycles. The van der Waals surface area contributed by atoms with E-state index in [2.05, 4.69) is 15.0 Å². The van der Waals surface area contributed by atoms with E-state index in [0.717, 1.165) is 30.0 Å². The Bertz CT molecular complexity index is 1160. The van der Waals surface area contributed by atoms with E-state index in [1.807, 2.05) is 18.2 Å². The van der Waals surface area contributed by atoms with Crippen LogP contribution in [0.4, 0.5) is 4.39 Å². The number of rotatable bonds is 11. The zero-order chi connectivity index (χ0) is 25.4. The van der Waals surface area contributed by atoms with Crippen LogP contribution in [0.15, 0.2) is 42.9 Å². The Morgan fingerprint density at radius 2 is 2.03 bits per heavy atom. The number of aliphatic hydroxyl groups is 2. The molecule has 0 saturated carbocycles.